The van der Waals surface area contributed by atoms with Crippen LogP contribution in [0.2, 0.25) is 0 Å². The van der Waals surface area contributed by atoms with Crippen molar-refractivity contribution in [2.45, 2.75) is 58.5 Å². The van der Waals surface area contributed by atoms with E-state index < -0.39 is 0 Å². The molecule has 2 heteroatoms. The molecule has 2 atom stereocenters. The summed E-state index contributed by atoms with van der Waals surface area (Å²) in [7, 11) is 2.10. The number of nitrogens with zero attached hydrogens (tertiary/aromatic N) is 1. The zero-order valence-corrected chi connectivity index (χ0v) is 14.2. The molecule has 118 valence electrons. The number of likely N-dealkylation sites (N-methyl/N-ethyl adjacent to an activating group) is 1. The highest BCUT2D eigenvalue weighted by atomic mass is 15.2. The highest BCUT2D eigenvalue weighted by molar-refractivity contribution is 5.20. The number of piperidine rings is 1. The van der Waals surface area contributed by atoms with Gasteiger partial charge in [0.1, 0.15) is 0 Å². The Labute approximate surface area is 130 Å². The van der Waals surface area contributed by atoms with Crippen LogP contribution in [0.4, 0.5) is 0 Å². The topological polar surface area (TPSA) is 15.3 Å². The molecule has 0 spiro atoms. The van der Waals surface area contributed by atoms with E-state index in [1.807, 2.05) is 0 Å². The molecule has 0 bridgehead atoms. The molecule has 1 N–H and O–H groups in total. The Morgan fingerprint density at radius 1 is 1.14 bits per heavy atom. The van der Waals surface area contributed by atoms with E-state index in [0.29, 0.717) is 17.5 Å². The summed E-state index contributed by atoms with van der Waals surface area (Å²) < 4.78 is 0. The molecule has 0 radical (unpaired) electrons. The second kappa shape index (κ2) is 7.42. The van der Waals surface area contributed by atoms with Gasteiger partial charge in [0.05, 0.1) is 0 Å². The minimum atomic E-state index is 0.433. The summed E-state index contributed by atoms with van der Waals surface area (Å²) in [5.41, 5.74) is 1.98. The molecule has 1 aromatic carbocycles. The Hall–Kier alpha value is -0.860. The molecule has 1 saturated heterocycles. The second-order valence-electron chi connectivity index (χ2n) is 6.85. The van der Waals surface area contributed by atoms with E-state index in [1.165, 1.54) is 44.3 Å². The quantitative estimate of drug-likeness (QED) is 0.842. The molecular weight excluding hydrogens is 256 g/mol. The summed E-state index contributed by atoms with van der Waals surface area (Å²) in [4.78, 5) is 2.71. The number of rotatable bonds is 6. The molecule has 0 amide bonds. The fourth-order valence-corrected chi connectivity index (χ4v) is 3.70. The van der Waals surface area contributed by atoms with Crippen LogP contribution in [0.1, 0.15) is 58.1 Å². The Kier molecular flexibility index (Phi) is 5.83. The predicted octanol–water partition coefficient (Wildman–Crippen LogP) is 4.24. The van der Waals surface area contributed by atoms with Crippen molar-refractivity contribution in [3.63, 3.8) is 0 Å². The maximum absolute atomic E-state index is 3.56. The summed E-state index contributed by atoms with van der Waals surface area (Å²) in [6, 6.07) is 11.9. The van der Waals surface area contributed by atoms with Gasteiger partial charge in [-0.3, -0.25) is 4.90 Å². The summed E-state index contributed by atoms with van der Waals surface area (Å²) in [5, 5.41) is 3.56. The van der Waals surface area contributed by atoms with Gasteiger partial charge in [-0.25, -0.2) is 0 Å². The van der Waals surface area contributed by atoms with Gasteiger partial charge in [-0.15, -0.1) is 0 Å². The van der Waals surface area contributed by atoms with Crippen molar-refractivity contribution in [2.75, 3.05) is 20.1 Å². The van der Waals surface area contributed by atoms with E-state index in [1.54, 1.807) is 0 Å². The minimum Gasteiger partial charge on any atom is -0.312 e. The zero-order valence-electron chi connectivity index (χ0n) is 14.2. The van der Waals surface area contributed by atoms with Crippen molar-refractivity contribution in [3.8, 4) is 0 Å². The molecule has 2 rings (SSSR count). The normalized spacial score (nSPS) is 21.9. The number of hydrogen-bond donors (Lipinski definition) is 1. The number of likely N-dealkylation sites (tertiary alicyclic amines) is 1. The second-order valence-corrected chi connectivity index (χ2v) is 6.85. The van der Waals surface area contributed by atoms with Crippen molar-refractivity contribution in [1.82, 2.24) is 10.2 Å². The molecule has 21 heavy (non-hydrogen) atoms. The van der Waals surface area contributed by atoms with Crippen LogP contribution in [0.25, 0.3) is 0 Å². The minimum absolute atomic E-state index is 0.433. The fourth-order valence-electron chi connectivity index (χ4n) is 3.70. The van der Waals surface area contributed by atoms with Crippen LogP contribution < -0.4 is 5.32 Å². The third-order valence-electron chi connectivity index (χ3n) is 5.60. The van der Waals surface area contributed by atoms with Crippen LogP contribution in [0, 0.1) is 5.41 Å². The van der Waals surface area contributed by atoms with Crippen LogP contribution in [0.5, 0.6) is 0 Å². The molecule has 2 unspecified atom stereocenters. The van der Waals surface area contributed by atoms with Gasteiger partial charge in [0.15, 0.2) is 0 Å². The smallest absolute Gasteiger partial charge is 0.0475 e. The average molecular weight is 288 g/mol. The van der Waals surface area contributed by atoms with Gasteiger partial charge in [-0.05, 0) is 50.4 Å². The van der Waals surface area contributed by atoms with E-state index in [0.717, 1.165) is 0 Å². The lowest BCUT2D eigenvalue weighted by Crippen LogP contribution is -2.48. The van der Waals surface area contributed by atoms with Gasteiger partial charge >= 0.3 is 0 Å². The van der Waals surface area contributed by atoms with Gasteiger partial charge in [-0.2, -0.15) is 0 Å². The van der Waals surface area contributed by atoms with Crippen molar-refractivity contribution in [1.29, 1.82) is 0 Å². The van der Waals surface area contributed by atoms with Gasteiger partial charge in [-0.1, -0.05) is 57.5 Å². The first-order valence-electron chi connectivity index (χ1n) is 8.60. The molecule has 0 saturated carbocycles. The molecule has 0 aliphatic carbocycles. The standard InChI is InChI=1S/C19H32N2/c1-5-17(18(20-4)16-10-8-7-9-11-16)21-14-12-19(3,6-2)13-15-21/h7-11,17-18,20H,5-6,12-15H2,1-4H3. The first-order chi connectivity index (χ1) is 10.1. The lowest BCUT2D eigenvalue weighted by molar-refractivity contribution is 0.0637. The van der Waals surface area contributed by atoms with Crippen LogP contribution in [-0.4, -0.2) is 31.1 Å². The third-order valence-corrected chi connectivity index (χ3v) is 5.60. The maximum atomic E-state index is 3.56. The van der Waals surface area contributed by atoms with Crippen LogP contribution in [0.3, 0.4) is 0 Å². The first-order valence-corrected chi connectivity index (χ1v) is 8.60. The van der Waals surface area contributed by atoms with Gasteiger partial charge in [0, 0.05) is 12.1 Å². The number of hydrogen-bond acceptors (Lipinski definition) is 2. The van der Waals surface area contributed by atoms with E-state index in [2.05, 4.69) is 68.4 Å². The number of nitrogens with one attached hydrogen (secondary N) is 1. The molecule has 1 heterocycles. The monoisotopic (exact) mass is 288 g/mol. The van der Waals surface area contributed by atoms with E-state index in [-0.39, 0.29) is 0 Å². The molecule has 1 aliphatic heterocycles. The number of benzene rings is 1. The first kappa shape index (κ1) is 16.5. The van der Waals surface area contributed by atoms with Crippen molar-refractivity contribution in [2.24, 2.45) is 5.41 Å². The highest BCUT2D eigenvalue weighted by Gasteiger charge is 2.33. The van der Waals surface area contributed by atoms with Crippen LogP contribution in [0.15, 0.2) is 30.3 Å². The van der Waals surface area contributed by atoms with E-state index in [4.69, 9.17) is 0 Å². The largest absolute Gasteiger partial charge is 0.312 e. The zero-order chi connectivity index (χ0) is 15.3. The lowest BCUT2D eigenvalue weighted by atomic mass is 9.77. The van der Waals surface area contributed by atoms with Crippen molar-refractivity contribution < 1.29 is 0 Å². The van der Waals surface area contributed by atoms with Gasteiger partial charge in [0.25, 0.3) is 0 Å². The van der Waals surface area contributed by atoms with Gasteiger partial charge in [0.2, 0.25) is 0 Å². The molecular formula is C19H32N2. The average Bonchev–Trinajstić information content (AvgIpc) is 2.54. The third kappa shape index (κ3) is 3.87. The van der Waals surface area contributed by atoms with E-state index in [9.17, 15) is 0 Å². The van der Waals surface area contributed by atoms with Crippen LogP contribution >= 0.6 is 0 Å². The summed E-state index contributed by atoms with van der Waals surface area (Å²) >= 11 is 0. The Morgan fingerprint density at radius 2 is 1.76 bits per heavy atom. The van der Waals surface area contributed by atoms with Gasteiger partial charge < -0.3 is 5.32 Å². The van der Waals surface area contributed by atoms with Crippen molar-refractivity contribution >= 4 is 0 Å². The SMILES string of the molecule is CCC(C(NC)c1ccccc1)N1CCC(C)(CC)CC1. The molecule has 2 nitrogen and oxygen atoms in total. The molecule has 0 aromatic heterocycles. The summed E-state index contributed by atoms with van der Waals surface area (Å²) in [5.74, 6) is 0. The van der Waals surface area contributed by atoms with E-state index >= 15 is 0 Å². The Morgan fingerprint density at radius 3 is 2.24 bits per heavy atom. The van der Waals surface area contributed by atoms with Crippen molar-refractivity contribution in [3.05, 3.63) is 35.9 Å². The Balaban J connectivity index is 2.09. The predicted molar refractivity (Wildman–Crippen MR) is 91.5 cm³/mol. The summed E-state index contributed by atoms with van der Waals surface area (Å²) in [6.07, 6.45) is 5.19. The maximum Gasteiger partial charge on any atom is 0.0475 e. The summed E-state index contributed by atoms with van der Waals surface area (Å²) in [6.45, 7) is 9.61. The fraction of sp³-hybridized carbons (Fsp3) is 0.684. The molecule has 1 fully saturated rings. The van der Waals surface area contributed by atoms with Crippen LogP contribution in [-0.2, 0) is 0 Å². The Bertz CT molecular complexity index is 407. The molecule has 1 aromatic rings. The highest BCUT2D eigenvalue weighted by Crippen LogP contribution is 2.36. The molecule has 1 aliphatic rings. The lowest BCUT2D eigenvalue weighted by Gasteiger charge is -2.44.